The van der Waals surface area contributed by atoms with Crippen LogP contribution in [0.25, 0.3) is 0 Å². The second-order valence-corrected chi connectivity index (χ2v) is 6.07. The van der Waals surface area contributed by atoms with Gasteiger partial charge in [0.1, 0.15) is 5.75 Å². The molecule has 0 radical (unpaired) electrons. The largest absolute Gasteiger partial charge is 0.466 e. The average Bonchev–Trinajstić information content (AvgIpc) is 2.55. The molecule has 0 spiro atoms. The van der Waals surface area contributed by atoms with E-state index in [9.17, 15) is 9.59 Å². The van der Waals surface area contributed by atoms with E-state index in [4.69, 9.17) is 9.47 Å². The van der Waals surface area contributed by atoms with Crippen LogP contribution in [0.2, 0.25) is 0 Å². The van der Waals surface area contributed by atoms with Gasteiger partial charge in [0.15, 0.2) is 0 Å². The van der Waals surface area contributed by atoms with Gasteiger partial charge in [-0.3, -0.25) is 4.79 Å². The van der Waals surface area contributed by atoms with E-state index in [1.165, 1.54) is 0 Å². The first kappa shape index (κ1) is 17.1. The van der Waals surface area contributed by atoms with Crippen LogP contribution in [0, 0.1) is 11.8 Å². The third-order valence-electron chi connectivity index (χ3n) is 3.73. The SMILES string of the molecule is CCOC(=O)C1CCN(C(=O)Oc2ccccc2)CC1CI. The minimum atomic E-state index is -0.358. The Morgan fingerprint density at radius 2 is 2.05 bits per heavy atom. The zero-order valence-corrected chi connectivity index (χ0v) is 14.7. The Kier molecular flexibility index (Phi) is 6.48. The fourth-order valence-corrected chi connectivity index (χ4v) is 3.46. The number of ether oxygens (including phenoxy) is 2. The minimum absolute atomic E-state index is 0.108. The van der Waals surface area contributed by atoms with E-state index in [2.05, 4.69) is 22.6 Å². The van der Waals surface area contributed by atoms with Gasteiger partial charge in [-0.15, -0.1) is 0 Å². The van der Waals surface area contributed by atoms with E-state index in [1.807, 2.05) is 25.1 Å². The van der Waals surface area contributed by atoms with Crippen LogP contribution >= 0.6 is 22.6 Å². The molecule has 1 saturated heterocycles. The smallest absolute Gasteiger partial charge is 0.415 e. The van der Waals surface area contributed by atoms with Gasteiger partial charge < -0.3 is 14.4 Å². The lowest BCUT2D eigenvalue weighted by Gasteiger charge is -2.35. The van der Waals surface area contributed by atoms with E-state index < -0.39 is 0 Å². The number of nitrogens with zero attached hydrogens (tertiary/aromatic N) is 1. The second kappa shape index (κ2) is 8.36. The molecule has 5 nitrogen and oxygen atoms in total. The fourth-order valence-electron chi connectivity index (χ4n) is 2.57. The first-order valence-corrected chi connectivity index (χ1v) is 8.92. The number of amides is 1. The molecule has 2 unspecified atom stereocenters. The molecule has 1 amide bonds. The number of halogens is 1. The molecule has 0 bridgehead atoms. The third kappa shape index (κ3) is 4.34. The molecule has 2 rings (SSSR count). The molecule has 0 aromatic heterocycles. The number of benzene rings is 1. The summed E-state index contributed by atoms with van der Waals surface area (Å²) in [5.41, 5.74) is 0. The first-order valence-electron chi connectivity index (χ1n) is 7.40. The van der Waals surface area contributed by atoms with Gasteiger partial charge in [0.05, 0.1) is 12.5 Å². The molecular formula is C16H20INO4. The molecule has 1 fully saturated rings. The summed E-state index contributed by atoms with van der Waals surface area (Å²) in [5.74, 6) is 0.362. The molecule has 1 aliphatic heterocycles. The highest BCUT2D eigenvalue weighted by Gasteiger charge is 2.36. The highest BCUT2D eigenvalue weighted by Crippen LogP contribution is 2.27. The lowest BCUT2D eigenvalue weighted by Crippen LogP contribution is -2.47. The molecule has 6 heteroatoms. The predicted molar refractivity (Wildman–Crippen MR) is 91.2 cm³/mol. The quantitative estimate of drug-likeness (QED) is 0.429. The molecule has 0 N–H and O–H groups in total. The number of carbonyl (C=O) groups excluding carboxylic acids is 2. The summed E-state index contributed by atoms with van der Waals surface area (Å²) in [4.78, 5) is 25.9. The maximum absolute atomic E-state index is 12.2. The molecule has 1 aromatic rings. The summed E-state index contributed by atoms with van der Waals surface area (Å²) < 4.78 is 11.3. The van der Waals surface area contributed by atoms with Crippen molar-refractivity contribution < 1.29 is 19.1 Å². The van der Waals surface area contributed by atoms with Gasteiger partial charge in [-0.1, -0.05) is 40.8 Å². The van der Waals surface area contributed by atoms with Crippen LogP contribution in [0.15, 0.2) is 30.3 Å². The number of hydrogen-bond acceptors (Lipinski definition) is 4. The molecule has 1 aliphatic rings. The second-order valence-electron chi connectivity index (χ2n) is 5.19. The third-order valence-corrected chi connectivity index (χ3v) is 4.86. The number of esters is 1. The number of likely N-dealkylation sites (tertiary alicyclic amines) is 1. The van der Waals surface area contributed by atoms with Crippen LogP contribution in [0.1, 0.15) is 13.3 Å². The number of piperidine rings is 1. The topological polar surface area (TPSA) is 55.8 Å². The summed E-state index contributed by atoms with van der Waals surface area (Å²) in [7, 11) is 0. The molecule has 120 valence electrons. The standard InChI is InChI=1S/C16H20INO4/c1-2-21-15(19)14-8-9-18(11-12(14)10-17)16(20)22-13-6-4-3-5-7-13/h3-7,12,14H,2,8-11H2,1H3. The van der Waals surface area contributed by atoms with Gasteiger partial charge in [0.2, 0.25) is 0 Å². The Bertz CT molecular complexity index is 508. The van der Waals surface area contributed by atoms with Crippen LogP contribution in [0.3, 0.4) is 0 Å². The van der Waals surface area contributed by atoms with Crippen molar-refractivity contribution in [2.24, 2.45) is 11.8 Å². The molecule has 2 atom stereocenters. The molecule has 22 heavy (non-hydrogen) atoms. The van der Waals surface area contributed by atoms with E-state index >= 15 is 0 Å². The van der Waals surface area contributed by atoms with Crippen LogP contribution in [0.5, 0.6) is 5.75 Å². The van der Waals surface area contributed by atoms with Crippen LogP contribution in [-0.4, -0.2) is 41.1 Å². The Hall–Kier alpha value is -1.31. The fraction of sp³-hybridized carbons (Fsp3) is 0.500. The predicted octanol–water partition coefficient (Wildman–Crippen LogP) is 3.12. The Balaban J connectivity index is 1.95. The summed E-state index contributed by atoms with van der Waals surface area (Å²) in [6, 6.07) is 9.01. The van der Waals surface area contributed by atoms with E-state index in [-0.39, 0.29) is 23.9 Å². The molecular weight excluding hydrogens is 397 g/mol. The number of rotatable bonds is 4. The normalized spacial score (nSPS) is 21.3. The van der Waals surface area contributed by atoms with Crippen molar-refractivity contribution in [2.45, 2.75) is 13.3 Å². The number of hydrogen-bond donors (Lipinski definition) is 0. The highest BCUT2D eigenvalue weighted by molar-refractivity contribution is 14.1. The summed E-state index contributed by atoms with van der Waals surface area (Å²) >= 11 is 2.25. The Morgan fingerprint density at radius 1 is 1.32 bits per heavy atom. The van der Waals surface area contributed by atoms with Crippen LogP contribution < -0.4 is 4.74 Å². The van der Waals surface area contributed by atoms with Crippen molar-refractivity contribution in [3.8, 4) is 5.75 Å². The van der Waals surface area contributed by atoms with E-state index in [0.717, 1.165) is 4.43 Å². The summed E-state index contributed by atoms with van der Waals surface area (Å²) in [5, 5.41) is 0. The van der Waals surface area contributed by atoms with Gasteiger partial charge >= 0.3 is 12.1 Å². The Labute approximate surface area is 144 Å². The van der Waals surface area contributed by atoms with Crippen molar-refractivity contribution in [3.63, 3.8) is 0 Å². The lowest BCUT2D eigenvalue weighted by atomic mass is 9.87. The average molecular weight is 417 g/mol. The van der Waals surface area contributed by atoms with Gasteiger partial charge in [-0.25, -0.2) is 4.79 Å². The van der Waals surface area contributed by atoms with Crippen molar-refractivity contribution >= 4 is 34.7 Å². The van der Waals surface area contributed by atoms with Crippen LogP contribution in [-0.2, 0) is 9.53 Å². The maximum Gasteiger partial charge on any atom is 0.415 e. The minimum Gasteiger partial charge on any atom is -0.466 e. The van der Waals surface area contributed by atoms with Crippen molar-refractivity contribution in [1.29, 1.82) is 0 Å². The van der Waals surface area contributed by atoms with Crippen molar-refractivity contribution in [3.05, 3.63) is 30.3 Å². The van der Waals surface area contributed by atoms with Crippen LogP contribution in [0.4, 0.5) is 4.79 Å². The lowest BCUT2D eigenvalue weighted by molar-refractivity contribution is -0.151. The zero-order chi connectivity index (χ0) is 15.9. The van der Waals surface area contributed by atoms with Gasteiger partial charge in [0, 0.05) is 17.5 Å². The Morgan fingerprint density at radius 3 is 2.68 bits per heavy atom. The highest BCUT2D eigenvalue weighted by atomic mass is 127. The molecule has 0 saturated carbocycles. The number of alkyl halides is 1. The molecule has 1 aromatic carbocycles. The van der Waals surface area contributed by atoms with E-state index in [1.54, 1.807) is 17.0 Å². The van der Waals surface area contributed by atoms with Crippen molar-refractivity contribution in [2.75, 3.05) is 24.1 Å². The number of para-hydroxylation sites is 1. The van der Waals surface area contributed by atoms with E-state index in [0.29, 0.717) is 31.9 Å². The van der Waals surface area contributed by atoms with Crippen molar-refractivity contribution in [1.82, 2.24) is 4.90 Å². The first-order chi connectivity index (χ1) is 10.7. The summed E-state index contributed by atoms with van der Waals surface area (Å²) in [6.07, 6.45) is 0.263. The van der Waals surface area contributed by atoms with Gasteiger partial charge in [-0.2, -0.15) is 0 Å². The van der Waals surface area contributed by atoms with Gasteiger partial charge in [0.25, 0.3) is 0 Å². The van der Waals surface area contributed by atoms with Gasteiger partial charge in [-0.05, 0) is 31.4 Å². The zero-order valence-electron chi connectivity index (χ0n) is 12.5. The summed E-state index contributed by atoms with van der Waals surface area (Å²) in [6.45, 7) is 3.24. The molecule has 1 heterocycles. The maximum atomic E-state index is 12.2. The molecule has 0 aliphatic carbocycles. The number of carbonyl (C=O) groups is 2. The monoisotopic (exact) mass is 417 g/mol.